The molecule has 0 atom stereocenters. The van der Waals surface area contributed by atoms with Gasteiger partial charge in [-0.1, -0.05) is 11.4 Å². The van der Waals surface area contributed by atoms with E-state index in [0.717, 1.165) is 28.7 Å². The Kier molecular flexibility index (Phi) is 4.34. The summed E-state index contributed by atoms with van der Waals surface area (Å²) >= 11 is 1.12. The first-order valence-electron chi connectivity index (χ1n) is 6.93. The zero-order valence-electron chi connectivity index (χ0n) is 12.1. The molecule has 0 aliphatic heterocycles. The monoisotopic (exact) mass is 317 g/mol. The second kappa shape index (κ2) is 6.57. The molecule has 6 nitrogen and oxygen atoms in total. The topological polar surface area (TPSA) is 72.4 Å². The second-order valence-corrected chi connectivity index (χ2v) is 5.48. The predicted octanol–water partition coefficient (Wildman–Crippen LogP) is 3.13. The molecule has 3 heterocycles. The molecule has 0 N–H and O–H groups in total. The summed E-state index contributed by atoms with van der Waals surface area (Å²) in [5, 5.41) is 4.01. The second-order valence-electron chi connectivity index (χ2n) is 4.72. The van der Waals surface area contributed by atoms with E-state index >= 15 is 0 Å². The van der Waals surface area contributed by atoms with Crippen LogP contribution in [0.5, 0.6) is 0 Å². The molecule has 0 aliphatic rings. The van der Waals surface area contributed by atoms with Crippen LogP contribution in [0.3, 0.4) is 0 Å². The van der Waals surface area contributed by atoms with Crippen molar-refractivity contribution < 1.29 is 13.6 Å². The van der Waals surface area contributed by atoms with Gasteiger partial charge in [-0.25, -0.2) is 0 Å². The first kappa shape index (κ1) is 14.5. The Labute approximate surface area is 131 Å². The van der Waals surface area contributed by atoms with E-state index in [0.29, 0.717) is 24.4 Å². The number of nitrogens with zero attached hydrogens (tertiary/aromatic N) is 3. The minimum atomic E-state index is -0.111. The molecule has 0 aliphatic carbocycles. The first-order chi connectivity index (χ1) is 10.8. The summed E-state index contributed by atoms with van der Waals surface area (Å²) in [5.74, 6) is 1.32. The van der Waals surface area contributed by atoms with Crippen molar-refractivity contribution in [3.8, 4) is 0 Å². The highest BCUT2D eigenvalue weighted by Gasteiger charge is 2.23. The molecule has 0 spiro atoms. The van der Waals surface area contributed by atoms with E-state index in [9.17, 15) is 4.79 Å². The van der Waals surface area contributed by atoms with E-state index < -0.39 is 0 Å². The molecule has 0 saturated carbocycles. The summed E-state index contributed by atoms with van der Waals surface area (Å²) in [6, 6.07) is 7.29. The molecule has 3 aromatic heterocycles. The van der Waals surface area contributed by atoms with Crippen molar-refractivity contribution >= 4 is 17.4 Å². The van der Waals surface area contributed by atoms with Crippen LogP contribution in [0, 0.1) is 0 Å². The molecule has 3 aromatic rings. The Morgan fingerprint density at radius 1 is 1.18 bits per heavy atom. The Hall–Kier alpha value is -2.41. The van der Waals surface area contributed by atoms with Crippen LogP contribution in [0.25, 0.3) is 0 Å². The van der Waals surface area contributed by atoms with Gasteiger partial charge in [-0.15, -0.1) is 5.10 Å². The summed E-state index contributed by atoms with van der Waals surface area (Å²) in [6.45, 7) is 2.69. The van der Waals surface area contributed by atoms with E-state index in [1.165, 1.54) is 0 Å². The molecule has 0 bridgehead atoms. The Morgan fingerprint density at radius 2 is 1.82 bits per heavy atom. The average molecular weight is 317 g/mol. The Bertz CT molecular complexity index is 683. The molecular formula is C15H15N3O3S. The number of hydrogen-bond acceptors (Lipinski definition) is 6. The fourth-order valence-electron chi connectivity index (χ4n) is 2.13. The molecule has 1 amide bonds. The van der Waals surface area contributed by atoms with Gasteiger partial charge in [0, 0.05) is 0 Å². The van der Waals surface area contributed by atoms with Crippen LogP contribution in [0.4, 0.5) is 0 Å². The number of aromatic nitrogens is 2. The number of hydrogen-bond donors (Lipinski definition) is 0. The summed E-state index contributed by atoms with van der Waals surface area (Å²) in [7, 11) is 0. The fourth-order valence-corrected chi connectivity index (χ4v) is 2.85. The number of amides is 1. The van der Waals surface area contributed by atoms with Crippen LogP contribution < -0.4 is 0 Å². The van der Waals surface area contributed by atoms with Gasteiger partial charge in [0.1, 0.15) is 16.4 Å². The van der Waals surface area contributed by atoms with Crippen LogP contribution in [-0.2, 0) is 19.5 Å². The molecule has 114 valence electrons. The number of aryl methyl sites for hydroxylation is 1. The third-order valence-corrected chi connectivity index (χ3v) is 3.98. The Balaban J connectivity index is 1.85. The lowest BCUT2D eigenvalue weighted by Gasteiger charge is -2.20. The van der Waals surface area contributed by atoms with E-state index in [1.54, 1.807) is 29.6 Å². The normalized spacial score (nSPS) is 10.8. The van der Waals surface area contributed by atoms with Crippen LogP contribution >= 0.6 is 11.5 Å². The van der Waals surface area contributed by atoms with Gasteiger partial charge < -0.3 is 13.7 Å². The van der Waals surface area contributed by atoms with E-state index in [1.807, 2.05) is 19.1 Å². The minimum Gasteiger partial charge on any atom is -0.467 e. The van der Waals surface area contributed by atoms with Crippen molar-refractivity contribution in [3.63, 3.8) is 0 Å². The maximum atomic E-state index is 12.8. The highest BCUT2D eigenvalue weighted by atomic mass is 32.1. The van der Waals surface area contributed by atoms with Crippen LogP contribution in [0.1, 0.15) is 33.8 Å². The van der Waals surface area contributed by atoms with Gasteiger partial charge in [0.05, 0.1) is 31.3 Å². The van der Waals surface area contributed by atoms with Gasteiger partial charge in [0.25, 0.3) is 5.91 Å². The van der Waals surface area contributed by atoms with Crippen molar-refractivity contribution in [1.29, 1.82) is 0 Å². The average Bonchev–Trinajstić information content (AvgIpc) is 3.27. The Morgan fingerprint density at radius 3 is 2.32 bits per heavy atom. The van der Waals surface area contributed by atoms with Gasteiger partial charge in [-0.05, 0) is 42.2 Å². The number of furan rings is 2. The molecule has 22 heavy (non-hydrogen) atoms. The lowest BCUT2D eigenvalue weighted by molar-refractivity contribution is 0.0708. The van der Waals surface area contributed by atoms with Gasteiger partial charge in [-0.2, -0.15) is 0 Å². The number of rotatable bonds is 6. The SMILES string of the molecule is CCc1nnsc1C(=O)N(Cc1ccco1)Cc1ccco1. The van der Waals surface area contributed by atoms with Gasteiger partial charge in [0.15, 0.2) is 0 Å². The van der Waals surface area contributed by atoms with E-state index in [2.05, 4.69) is 9.59 Å². The van der Waals surface area contributed by atoms with Crippen molar-refractivity contribution in [2.45, 2.75) is 26.4 Å². The highest BCUT2D eigenvalue weighted by molar-refractivity contribution is 7.07. The smallest absolute Gasteiger partial charge is 0.268 e. The van der Waals surface area contributed by atoms with E-state index in [-0.39, 0.29) is 5.91 Å². The zero-order chi connectivity index (χ0) is 15.4. The summed E-state index contributed by atoms with van der Waals surface area (Å²) < 4.78 is 14.6. The molecule has 3 rings (SSSR count). The summed E-state index contributed by atoms with van der Waals surface area (Å²) in [4.78, 5) is 15.1. The van der Waals surface area contributed by atoms with Crippen LogP contribution in [0.15, 0.2) is 45.6 Å². The highest BCUT2D eigenvalue weighted by Crippen LogP contribution is 2.19. The van der Waals surface area contributed by atoms with Gasteiger partial charge >= 0.3 is 0 Å². The standard InChI is InChI=1S/C15H15N3O3S/c1-2-13-14(22-17-16-13)15(19)18(9-11-5-3-7-20-11)10-12-6-4-8-21-12/h3-8H,2,9-10H2,1H3. The molecule has 0 aromatic carbocycles. The quantitative estimate of drug-likeness (QED) is 0.698. The number of carbonyl (C=O) groups is 1. The fraction of sp³-hybridized carbons (Fsp3) is 0.267. The first-order valence-corrected chi connectivity index (χ1v) is 7.70. The third-order valence-electron chi connectivity index (χ3n) is 3.23. The van der Waals surface area contributed by atoms with Crippen molar-refractivity contribution in [2.75, 3.05) is 0 Å². The predicted molar refractivity (Wildman–Crippen MR) is 80.3 cm³/mol. The maximum absolute atomic E-state index is 12.8. The van der Waals surface area contributed by atoms with E-state index in [4.69, 9.17) is 8.83 Å². The van der Waals surface area contributed by atoms with Crippen molar-refractivity contribution in [3.05, 3.63) is 58.9 Å². The third kappa shape index (κ3) is 3.09. The van der Waals surface area contributed by atoms with Gasteiger partial charge in [0.2, 0.25) is 0 Å². The molecule has 0 fully saturated rings. The molecule has 0 radical (unpaired) electrons. The van der Waals surface area contributed by atoms with Crippen LogP contribution in [0.2, 0.25) is 0 Å². The van der Waals surface area contributed by atoms with Crippen molar-refractivity contribution in [2.24, 2.45) is 0 Å². The number of carbonyl (C=O) groups excluding carboxylic acids is 1. The van der Waals surface area contributed by atoms with Crippen molar-refractivity contribution in [1.82, 2.24) is 14.5 Å². The zero-order valence-corrected chi connectivity index (χ0v) is 12.9. The summed E-state index contributed by atoms with van der Waals surface area (Å²) in [6.07, 6.45) is 3.86. The maximum Gasteiger partial charge on any atom is 0.268 e. The van der Waals surface area contributed by atoms with Crippen LogP contribution in [-0.4, -0.2) is 20.4 Å². The largest absolute Gasteiger partial charge is 0.467 e. The lowest BCUT2D eigenvalue weighted by Crippen LogP contribution is -2.30. The minimum absolute atomic E-state index is 0.111. The molecule has 0 saturated heterocycles. The van der Waals surface area contributed by atoms with Gasteiger partial charge in [-0.3, -0.25) is 4.79 Å². The summed E-state index contributed by atoms with van der Waals surface area (Å²) in [5.41, 5.74) is 0.721. The molecule has 0 unspecified atom stereocenters. The lowest BCUT2D eigenvalue weighted by atomic mass is 10.2. The molecule has 7 heteroatoms. The molecular weight excluding hydrogens is 302 g/mol.